The zero-order chi connectivity index (χ0) is 19.3. The van der Waals surface area contributed by atoms with Crippen LogP contribution in [-0.2, 0) is 11.3 Å². The van der Waals surface area contributed by atoms with Crippen molar-refractivity contribution in [2.24, 2.45) is 5.73 Å². The first-order chi connectivity index (χ1) is 12.3. The van der Waals surface area contributed by atoms with Gasteiger partial charge in [0.1, 0.15) is 18.0 Å². The van der Waals surface area contributed by atoms with Crippen LogP contribution in [0.4, 0.5) is 0 Å². The van der Waals surface area contributed by atoms with Crippen LogP contribution in [0.5, 0.6) is 11.5 Å². The molecule has 1 aromatic heterocycles. The summed E-state index contributed by atoms with van der Waals surface area (Å²) in [5.41, 5.74) is 6.37. The third-order valence-corrected chi connectivity index (χ3v) is 3.96. The first-order valence-electron chi connectivity index (χ1n) is 7.94. The molecule has 0 unspecified atom stereocenters. The van der Waals surface area contributed by atoms with Gasteiger partial charge in [-0.3, -0.25) is 14.6 Å². The number of nitrogens with two attached hydrogens (primary N) is 1. The van der Waals surface area contributed by atoms with Gasteiger partial charge in [-0.05, 0) is 31.3 Å². The maximum atomic E-state index is 12.2. The lowest BCUT2D eigenvalue weighted by molar-refractivity contribution is -0.121. The Kier molecular flexibility index (Phi) is 6.53. The summed E-state index contributed by atoms with van der Waals surface area (Å²) in [5.74, 6) is 0.837. The molecule has 0 saturated carbocycles. The van der Waals surface area contributed by atoms with Gasteiger partial charge < -0.3 is 25.1 Å². The van der Waals surface area contributed by atoms with Gasteiger partial charge in [0.15, 0.2) is 4.77 Å². The smallest absolute Gasteiger partial charge is 0.252 e. The Morgan fingerprint density at radius 2 is 2.08 bits per heavy atom. The van der Waals surface area contributed by atoms with Crippen LogP contribution < -0.4 is 26.1 Å². The number of rotatable bonds is 7. The molecule has 0 spiro atoms. The van der Waals surface area contributed by atoms with Gasteiger partial charge in [-0.1, -0.05) is 0 Å². The molecule has 1 atom stereocenters. The fraction of sp³-hybridized carbons (Fsp3) is 0.353. The minimum Gasteiger partial charge on any atom is -0.497 e. The number of hydrogen-bond donors (Lipinski definition) is 3. The minimum absolute atomic E-state index is 0.0626. The first kappa shape index (κ1) is 19.7. The van der Waals surface area contributed by atoms with Crippen molar-refractivity contribution in [3.8, 4) is 22.8 Å². The molecule has 9 heteroatoms. The highest BCUT2D eigenvalue weighted by atomic mass is 32.1. The van der Waals surface area contributed by atoms with Crippen molar-refractivity contribution in [3.63, 3.8) is 0 Å². The Morgan fingerprint density at radius 1 is 1.35 bits per heavy atom. The Morgan fingerprint density at radius 3 is 2.69 bits per heavy atom. The predicted octanol–water partition coefficient (Wildman–Crippen LogP) is 1.05. The average molecular weight is 378 g/mol. The molecular formula is C17H22N4O4S. The Bertz CT molecular complexity index is 904. The largest absolute Gasteiger partial charge is 0.497 e. The van der Waals surface area contributed by atoms with Gasteiger partial charge in [0.25, 0.3) is 5.56 Å². The Labute approximate surface area is 155 Å². The molecule has 0 bridgehead atoms. The summed E-state index contributed by atoms with van der Waals surface area (Å²) < 4.78 is 12.3. The fourth-order valence-corrected chi connectivity index (χ4v) is 2.65. The second kappa shape index (κ2) is 8.63. The van der Waals surface area contributed by atoms with E-state index in [2.05, 4.69) is 10.3 Å². The number of benzene rings is 1. The van der Waals surface area contributed by atoms with Gasteiger partial charge >= 0.3 is 0 Å². The highest BCUT2D eigenvalue weighted by Gasteiger charge is 2.15. The van der Waals surface area contributed by atoms with Crippen molar-refractivity contribution < 1.29 is 14.3 Å². The highest BCUT2D eigenvalue weighted by Crippen LogP contribution is 2.32. The number of carbonyl (C=O) groups is 1. The van der Waals surface area contributed by atoms with E-state index >= 15 is 0 Å². The maximum Gasteiger partial charge on any atom is 0.252 e. The van der Waals surface area contributed by atoms with E-state index in [4.69, 9.17) is 27.4 Å². The third kappa shape index (κ3) is 4.70. The molecule has 0 aliphatic heterocycles. The summed E-state index contributed by atoms with van der Waals surface area (Å²) in [5, 5.41) is 2.72. The van der Waals surface area contributed by atoms with E-state index in [0.717, 1.165) is 0 Å². The number of methoxy groups -OCH3 is 2. The molecule has 1 aromatic carbocycles. The van der Waals surface area contributed by atoms with E-state index < -0.39 is 0 Å². The van der Waals surface area contributed by atoms with E-state index in [1.54, 1.807) is 32.2 Å². The third-order valence-electron chi connectivity index (χ3n) is 3.64. The minimum atomic E-state index is -0.366. The zero-order valence-electron chi connectivity index (χ0n) is 14.9. The van der Waals surface area contributed by atoms with Crippen LogP contribution >= 0.6 is 12.2 Å². The second-order valence-electron chi connectivity index (χ2n) is 5.76. The fourth-order valence-electron chi connectivity index (χ4n) is 2.39. The molecule has 4 N–H and O–H groups in total. The van der Waals surface area contributed by atoms with Crippen molar-refractivity contribution >= 4 is 18.1 Å². The lowest BCUT2D eigenvalue weighted by Crippen LogP contribution is -2.37. The summed E-state index contributed by atoms with van der Waals surface area (Å²) in [4.78, 5) is 26.7. The van der Waals surface area contributed by atoms with Crippen LogP contribution in [-0.4, -0.2) is 42.3 Å². The molecule has 1 heterocycles. The van der Waals surface area contributed by atoms with E-state index in [9.17, 15) is 9.59 Å². The second-order valence-corrected chi connectivity index (χ2v) is 6.14. The Balaban J connectivity index is 2.51. The van der Waals surface area contributed by atoms with Crippen LogP contribution in [0, 0.1) is 4.77 Å². The van der Waals surface area contributed by atoms with Crippen molar-refractivity contribution in [2.75, 3.05) is 20.8 Å². The molecule has 0 aliphatic rings. The van der Waals surface area contributed by atoms with Crippen LogP contribution in [0.15, 0.2) is 29.1 Å². The molecule has 0 saturated heterocycles. The number of nitrogens with zero attached hydrogens (tertiary/aromatic N) is 1. The molecule has 0 fully saturated rings. The summed E-state index contributed by atoms with van der Waals surface area (Å²) >= 11 is 5.25. The van der Waals surface area contributed by atoms with Gasteiger partial charge in [-0.2, -0.15) is 0 Å². The number of amides is 1. The Hall–Kier alpha value is -2.65. The molecule has 2 aromatic rings. The molecular weight excluding hydrogens is 356 g/mol. The highest BCUT2D eigenvalue weighted by molar-refractivity contribution is 7.71. The lowest BCUT2D eigenvalue weighted by atomic mass is 10.1. The van der Waals surface area contributed by atoms with E-state index in [-0.39, 0.29) is 28.8 Å². The number of aromatic amines is 1. The normalized spacial score (nSPS) is 11.7. The molecule has 0 aliphatic carbocycles. The van der Waals surface area contributed by atoms with Gasteiger partial charge in [-0.25, -0.2) is 0 Å². The zero-order valence-corrected chi connectivity index (χ0v) is 15.7. The average Bonchev–Trinajstić information content (AvgIpc) is 2.61. The molecule has 8 nitrogen and oxygen atoms in total. The molecule has 0 radical (unpaired) electrons. The number of H-pyrrole nitrogens is 1. The number of hydrogen-bond acceptors (Lipinski definition) is 6. The van der Waals surface area contributed by atoms with Gasteiger partial charge in [-0.15, -0.1) is 0 Å². The number of carbonyl (C=O) groups excluding carboxylic acids is 1. The van der Waals surface area contributed by atoms with Crippen molar-refractivity contribution in [3.05, 3.63) is 39.4 Å². The summed E-state index contributed by atoms with van der Waals surface area (Å²) in [6.45, 7) is 2.07. The number of nitrogens with one attached hydrogen (secondary N) is 2. The molecule has 140 valence electrons. The molecule has 2 rings (SSSR count). The summed E-state index contributed by atoms with van der Waals surface area (Å²) in [6, 6.07) is 6.39. The number of aromatic nitrogens is 2. The van der Waals surface area contributed by atoms with Crippen LogP contribution in [0.2, 0.25) is 0 Å². The predicted molar refractivity (Wildman–Crippen MR) is 101 cm³/mol. The van der Waals surface area contributed by atoms with Crippen molar-refractivity contribution in [1.82, 2.24) is 14.9 Å². The van der Waals surface area contributed by atoms with Gasteiger partial charge in [0, 0.05) is 30.3 Å². The van der Waals surface area contributed by atoms with E-state index in [1.165, 1.54) is 17.7 Å². The standard InChI is InChI=1S/C17H22N4O4S/c1-10(18)8-19-16(23)9-21-13(7-15(22)20-17(21)26)12-5-4-11(24-2)6-14(12)25-3/h4-7,10H,8-9,18H2,1-3H3,(H,19,23)(H,20,22,26)/t10-/m1/s1. The first-order valence-corrected chi connectivity index (χ1v) is 8.35. The summed E-state index contributed by atoms with van der Waals surface area (Å²) in [6.07, 6.45) is 0. The van der Waals surface area contributed by atoms with Crippen LogP contribution in [0.25, 0.3) is 11.3 Å². The number of ether oxygens (including phenoxy) is 2. The van der Waals surface area contributed by atoms with E-state index in [1.807, 2.05) is 0 Å². The quantitative estimate of drug-likeness (QED) is 0.621. The topological polar surface area (TPSA) is 111 Å². The van der Waals surface area contributed by atoms with Crippen LogP contribution in [0.3, 0.4) is 0 Å². The van der Waals surface area contributed by atoms with Crippen LogP contribution in [0.1, 0.15) is 6.92 Å². The monoisotopic (exact) mass is 378 g/mol. The SMILES string of the molecule is COc1ccc(-c2cc(=O)[nH]c(=S)n2CC(=O)NC[C@@H](C)N)c(OC)c1. The van der Waals surface area contributed by atoms with E-state index in [0.29, 0.717) is 29.3 Å². The maximum absolute atomic E-state index is 12.2. The molecule has 1 amide bonds. The van der Waals surface area contributed by atoms with Crippen molar-refractivity contribution in [2.45, 2.75) is 19.5 Å². The lowest BCUT2D eigenvalue weighted by Gasteiger charge is -2.16. The van der Waals surface area contributed by atoms with Crippen molar-refractivity contribution in [1.29, 1.82) is 0 Å². The van der Waals surface area contributed by atoms with Gasteiger partial charge in [0.05, 0.1) is 19.9 Å². The van der Waals surface area contributed by atoms with Gasteiger partial charge in [0.2, 0.25) is 5.91 Å². The molecule has 26 heavy (non-hydrogen) atoms. The summed E-state index contributed by atoms with van der Waals surface area (Å²) in [7, 11) is 3.06.